The fourth-order valence-corrected chi connectivity index (χ4v) is 7.34. The average Bonchev–Trinajstić information content (AvgIpc) is 2.76. The van der Waals surface area contributed by atoms with E-state index in [0.717, 1.165) is 4.47 Å². The highest BCUT2D eigenvalue weighted by Crippen LogP contribution is 2.37. The van der Waals surface area contributed by atoms with Gasteiger partial charge in [0.05, 0.1) is 5.69 Å². The maximum absolute atomic E-state index is 12.6. The summed E-state index contributed by atoms with van der Waals surface area (Å²) in [6.07, 6.45) is 0. The largest absolute Gasteiger partial charge is 0.326 e. The van der Waals surface area contributed by atoms with Crippen LogP contribution in [0.4, 0.5) is 5.69 Å². The highest BCUT2D eigenvalue weighted by atomic mass is 79.9. The van der Waals surface area contributed by atoms with Gasteiger partial charge in [-0.05, 0) is 61.9 Å². The Hall–Kier alpha value is 0.0700. The van der Waals surface area contributed by atoms with Crippen molar-refractivity contribution in [2.45, 2.75) is 18.4 Å². The number of hydrogen-bond donors (Lipinski definition) is 2. The predicted molar refractivity (Wildman–Crippen MR) is 97.3 cm³/mol. The minimum atomic E-state index is -3.70. The Kier molecular flexibility index (Phi) is 5.54. The SMILES string of the molecule is Cc1csc(CN)c1S(=O)(=O)Nc1c(Br)cc(Br)cc1Br. The van der Waals surface area contributed by atoms with Gasteiger partial charge < -0.3 is 5.73 Å². The van der Waals surface area contributed by atoms with Gasteiger partial charge in [-0.1, -0.05) is 15.9 Å². The maximum atomic E-state index is 12.6. The van der Waals surface area contributed by atoms with E-state index in [0.29, 0.717) is 25.1 Å². The van der Waals surface area contributed by atoms with Crippen molar-refractivity contribution in [1.29, 1.82) is 0 Å². The molecule has 114 valence electrons. The van der Waals surface area contributed by atoms with E-state index in [4.69, 9.17) is 5.73 Å². The van der Waals surface area contributed by atoms with Crippen LogP contribution in [0.25, 0.3) is 0 Å². The van der Waals surface area contributed by atoms with Gasteiger partial charge in [0.1, 0.15) is 4.90 Å². The minimum absolute atomic E-state index is 0.192. The van der Waals surface area contributed by atoms with Crippen LogP contribution in [0.5, 0.6) is 0 Å². The molecule has 0 unspecified atom stereocenters. The van der Waals surface area contributed by atoms with Crippen molar-refractivity contribution < 1.29 is 8.42 Å². The molecule has 0 fully saturated rings. The Morgan fingerprint density at radius 2 is 1.81 bits per heavy atom. The van der Waals surface area contributed by atoms with Crippen molar-refractivity contribution in [2.24, 2.45) is 5.73 Å². The molecule has 0 atom stereocenters. The van der Waals surface area contributed by atoms with E-state index in [-0.39, 0.29) is 11.4 Å². The number of nitrogens with one attached hydrogen (secondary N) is 1. The quantitative estimate of drug-likeness (QED) is 0.621. The molecule has 0 radical (unpaired) electrons. The number of anilines is 1. The van der Waals surface area contributed by atoms with E-state index in [1.807, 2.05) is 0 Å². The molecule has 2 rings (SSSR count). The summed E-state index contributed by atoms with van der Waals surface area (Å²) in [5, 5.41) is 1.79. The second-order valence-electron chi connectivity index (χ2n) is 4.23. The van der Waals surface area contributed by atoms with Gasteiger partial charge in [-0.15, -0.1) is 11.3 Å². The lowest BCUT2D eigenvalue weighted by molar-refractivity contribution is 0.600. The lowest BCUT2D eigenvalue weighted by Crippen LogP contribution is -2.16. The monoisotopic (exact) mass is 516 g/mol. The molecular weight excluding hydrogens is 508 g/mol. The van der Waals surface area contributed by atoms with E-state index in [2.05, 4.69) is 52.5 Å². The summed E-state index contributed by atoms with van der Waals surface area (Å²) in [6, 6.07) is 3.54. The van der Waals surface area contributed by atoms with Crippen LogP contribution in [0.15, 0.2) is 35.8 Å². The van der Waals surface area contributed by atoms with Crippen molar-refractivity contribution in [1.82, 2.24) is 0 Å². The van der Waals surface area contributed by atoms with E-state index in [1.54, 1.807) is 24.4 Å². The molecule has 0 aliphatic heterocycles. The Bertz CT molecular complexity index is 765. The van der Waals surface area contributed by atoms with Crippen LogP contribution in [0, 0.1) is 6.92 Å². The Morgan fingerprint density at radius 1 is 1.24 bits per heavy atom. The van der Waals surface area contributed by atoms with Gasteiger partial charge in [-0.2, -0.15) is 0 Å². The predicted octanol–water partition coefficient (Wildman–Crippen LogP) is 4.60. The van der Waals surface area contributed by atoms with Gasteiger partial charge in [0.2, 0.25) is 0 Å². The zero-order chi connectivity index (χ0) is 15.8. The van der Waals surface area contributed by atoms with Crippen LogP contribution in [0.1, 0.15) is 10.4 Å². The Morgan fingerprint density at radius 3 is 2.33 bits per heavy atom. The maximum Gasteiger partial charge on any atom is 0.263 e. The number of sulfonamides is 1. The van der Waals surface area contributed by atoms with Crippen LogP contribution in [-0.2, 0) is 16.6 Å². The zero-order valence-corrected chi connectivity index (χ0v) is 17.2. The second kappa shape index (κ2) is 6.67. The first-order chi connectivity index (χ1) is 9.76. The first-order valence-corrected chi connectivity index (χ1v) is 10.4. The molecule has 9 heteroatoms. The summed E-state index contributed by atoms with van der Waals surface area (Å²) in [5.74, 6) is 0. The number of hydrogen-bond acceptors (Lipinski definition) is 4. The Balaban J connectivity index is 2.50. The smallest absolute Gasteiger partial charge is 0.263 e. The van der Waals surface area contributed by atoms with Crippen LogP contribution in [0.3, 0.4) is 0 Å². The highest BCUT2D eigenvalue weighted by molar-refractivity contribution is 9.11. The van der Waals surface area contributed by atoms with Crippen molar-refractivity contribution in [3.8, 4) is 0 Å². The molecule has 0 aliphatic rings. The molecule has 0 saturated heterocycles. The highest BCUT2D eigenvalue weighted by Gasteiger charge is 2.24. The molecular formula is C12H11Br3N2O2S2. The van der Waals surface area contributed by atoms with Gasteiger partial charge in [0, 0.05) is 24.8 Å². The number of halogens is 3. The topological polar surface area (TPSA) is 72.2 Å². The molecule has 0 bridgehead atoms. The Labute approximate surface area is 152 Å². The van der Waals surface area contributed by atoms with E-state index >= 15 is 0 Å². The molecule has 3 N–H and O–H groups in total. The summed E-state index contributed by atoms with van der Waals surface area (Å²) in [5.41, 5.74) is 6.77. The molecule has 0 saturated carbocycles. The van der Waals surface area contributed by atoms with E-state index in [1.165, 1.54) is 11.3 Å². The fraction of sp³-hybridized carbons (Fsp3) is 0.167. The third-order valence-corrected chi connectivity index (χ3v) is 7.23. The van der Waals surface area contributed by atoms with E-state index < -0.39 is 10.0 Å². The van der Waals surface area contributed by atoms with Crippen molar-refractivity contribution in [2.75, 3.05) is 4.72 Å². The third kappa shape index (κ3) is 3.70. The number of nitrogens with two attached hydrogens (primary N) is 1. The molecule has 4 nitrogen and oxygen atoms in total. The van der Waals surface area contributed by atoms with Crippen LogP contribution in [-0.4, -0.2) is 8.42 Å². The van der Waals surface area contributed by atoms with Gasteiger partial charge in [0.15, 0.2) is 0 Å². The first-order valence-electron chi connectivity index (χ1n) is 5.70. The average molecular weight is 519 g/mol. The summed E-state index contributed by atoms with van der Waals surface area (Å²) in [4.78, 5) is 0.904. The lowest BCUT2D eigenvalue weighted by Gasteiger charge is -2.13. The summed E-state index contributed by atoms with van der Waals surface area (Å²) >= 11 is 11.4. The lowest BCUT2D eigenvalue weighted by atomic mass is 10.3. The molecule has 2 aromatic rings. The minimum Gasteiger partial charge on any atom is -0.326 e. The molecule has 1 heterocycles. The normalized spacial score (nSPS) is 11.7. The van der Waals surface area contributed by atoms with Crippen LogP contribution < -0.4 is 10.5 Å². The van der Waals surface area contributed by atoms with Gasteiger partial charge in [0.25, 0.3) is 10.0 Å². The molecule has 0 aliphatic carbocycles. The molecule has 1 aromatic carbocycles. The molecule has 21 heavy (non-hydrogen) atoms. The molecule has 0 amide bonds. The van der Waals surface area contributed by atoms with Crippen LogP contribution in [0.2, 0.25) is 0 Å². The zero-order valence-electron chi connectivity index (χ0n) is 10.8. The number of thiophene rings is 1. The second-order valence-corrected chi connectivity index (χ2v) is 9.43. The summed E-state index contributed by atoms with van der Waals surface area (Å²) < 4.78 is 30.0. The van der Waals surface area contributed by atoms with Crippen molar-refractivity contribution in [3.05, 3.63) is 41.4 Å². The molecule has 0 spiro atoms. The van der Waals surface area contributed by atoms with Crippen LogP contribution >= 0.6 is 59.1 Å². The van der Waals surface area contributed by atoms with Gasteiger partial charge in [-0.3, -0.25) is 4.72 Å². The summed E-state index contributed by atoms with van der Waals surface area (Å²) in [6.45, 7) is 1.95. The molecule has 1 aromatic heterocycles. The first kappa shape index (κ1) is 17.4. The number of benzene rings is 1. The standard InChI is InChI=1S/C12H11Br3N2O2S2/c1-6-5-20-10(4-16)12(6)21(18,19)17-11-8(14)2-7(13)3-9(11)15/h2-3,5,17H,4,16H2,1H3. The van der Waals surface area contributed by atoms with Gasteiger partial charge >= 0.3 is 0 Å². The van der Waals surface area contributed by atoms with E-state index in [9.17, 15) is 8.42 Å². The fourth-order valence-electron chi connectivity index (χ4n) is 1.81. The number of aryl methyl sites for hydroxylation is 1. The van der Waals surface area contributed by atoms with Crippen molar-refractivity contribution >= 4 is 74.8 Å². The van der Waals surface area contributed by atoms with Crippen molar-refractivity contribution in [3.63, 3.8) is 0 Å². The summed E-state index contributed by atoms with van der Waals surface area (Å²) in [7, 11) is -3.70. The van der Waals surface area contributed by atoms with Gasteiger partial charge in [-0.25, -0.2) is 8.42 Å². The number of rotatable bonds is 4. The third-order valence-electron chi connectivity index (χ3n) is 2.69.